The van der Waals surface area contributed by atoms with Crippen LogP contribution in [0, 0.1) is 19.3 Å². The van der Waals surface area contributed by atoms with Crippen LogP contribution in [0.15, 0.2) is 48.5 Å². The number of halogens is 1. The van der Waals surface area contributed by atoms with Gasteiger partial charge in [0.2, 0.25) is 0 Å². The molecule has 0 aliphatic rings. The van der Waals surface area contributed by atoms with Gasteiger partial charge in [-0.25, -0.2) is 4.39 Å². The summed E-state index contributed by atoms with van der Waals surface area (Å²) in [5, 5.41) is 3.22. The topological polar surface area (TPSA) is 12.0 Å². The van der Waals surface area contributed by atoms with Crippen molar-refractivity contribution in [2.24, 2.45) is 0 Å². The van der Waals surface area contributed by atoms with Crippen molar-refractivity contribution in [2.45, 2.75) is 13.5 Å². The van der Waals surface area contributed by atoms with Crippen LogP contribution in [0.2, 0.25) is 0 Å². The largest absolute Gasteiger partial charge is 0.304 e. The molecule has 0 aliphatic heterocycles. The fourth-order valence-electron chi connectivity index (χ4n) is 1.65. The lowest BCUT2D eigenvalue weighted by molar-refractivity contribution is 0.617. The molecule has 0 bridgehead atoms. The molecule has 1 radical (unpaired) electrons. The number of hydrogen-bond acceptors (Lipinski definition) is 1. The van der Waals surface area contributed by atoms with Crippen LogP contribution in [0.3, 0.4) is 0 Å². The second-order valence-corrected chi connectivity index (χ2v) is 4.02. The molecule has 1 N–H and O–H groups in total. The fraction of sp³-hybridized carbons (Fsp3) is 0.133. The van der Waals surface area contributed by atoms with E-state index in [-0.39, 0.29) is 5.82 Å². The van der Waals surface area contributed by atoms with Gasteiger partial charge in [-0.15, -0.1) is 0 Å². The molecule has 0 spiro atoms. The van der Waals surface area contributed by atoms with Gasteiger partial charge in [-0.3, -0.25) is 0 Å². The molecule has 87 valence electrons. The van der Waals surface area contributed by atoms with Crippen LogP contribution < -0.4 is 5.32 Å². The van der Waals surface area contributed by atoms with E-state index >= 15 is 0 Å². The summed E-state index contributed by atoms with van der Waals surface area (Å²) in [6, 6.07) is 15.2. The van der Waals surface area contributed by atoms with Crippen LogP contribution in [0.4, 0.5) is 4.39 Å². The van der Waals surface area contributed by atoms with E-state index in [1.54, 1.807) is 13.0 Å². The molecule has 0 atom stereocenters. The molecule has 2 aromatic carbocycles. The zero-order valence-corrected chi connectivity index (χ0v) is 9.78. The number of benzene rings is 2. The third kappa shape index (κ3) is 3.40. The van der Waals surface area contributed by atoms with Crippen molar-refractivity contribution in [3.05, 3.63) is 77.6 Å². The Balaban J connectivity index is 1.88. The average Bonchev–Trinajstić information content (AvgIpc) is 2.35. The van der Waals surface area contributed by atoms with Crippen LogP contribution in [0.1, 0.15) is 16.7 Å². The third-order valence-electron chi connectivity index (χ3n) is 2.60. The highest BCUT2D eigenvalue weighted by molar-refractivity contribution is 5.25. The predicted molar refractivity (Wildman–Crippen MR) is 67.8 cm³/mol. The van der Waals surface area contributed by atoms with Gasteiger partial charge < -0.3 is 5.32 Å². The van der Waals surface area contributed by atoms with Crippen LogP contribution >= 0.6 is 0 Å². The molecule has 1 nitrogen and oxygen atoms in total. The van der Waals surface area contributed by atoms with Crippen LogP contribution in [0.5, 0.6) is 0 Å². The maximum Gasteiger partial charge on any atom is 0.126 e. The lowest BCUT2D eigenvalue weighted by Gasteiger charge is -2.06. The van der Waals surface area contributed by atoms with E-state index in [9.17, 15) is 4.39 Å². The van der Waals surface area contributed by atoms with Gasteiger partial charge in [0.1, 0.15) is 5.82 Å². The number of hydrogen-bond donors (Lipinski definition) is 1. The highest BCUT2D eigenvalue weighted by Gasteiger charge is 1.99. The van der Waals surface area contributed by atoms with E-state index in [0.717, 1.165) is 11.1 Å². The zero-order valence-electron chi connectivity index (χ0n) is 9.78. The minimum absolute atomic E-state index is 0.152. The summed E-state index contributed by atoms with van der Waals surface area (Å²) in [4.78, 5) is 0. The van der Waals surface area contributed by atoms with Gasteiger partial charge in [0.05, 0.1) is 6.54 Å². The lowest BCUT2D eigenvalue weighted by atomic mass is 10.1. The van der Waals surface area contributed by atoms with Crippen molar-refractivity contribution in [1.82, 2.24) is 5.32 Å². The summed E-state index contributed by atoms with van der Waals surface area (Å²) in [5.41, 5.74) is 2.89. The minimum Gasteiger partial charge on any atom is -0.304 e. The quantitative estimate of drug-likeness (QED) is 0.845. The standard InChI is InChI=1S/C15H15FN/c1-12-9-14(7-8-15(12)16)11-17-10-13-5-3-2-4-6-13/h2-10,17H,11H2,1H3. The number of aryl methyl sites for hydroxylation is 1. The molecule has 17 heavy (non-hydrogen) atoms. The van der Waals surface area contributed by atoms with Gasteiger partial charge >= 0.3 is 0 Å². The zero-order chi connectivity index (χ0) is 12.1. The van der Waals surface area contributed by atoms with E-state index in [1.807, 2.05) is 42.9 Å². The van der Waals surface area contributed by atoms with Gasteiger partial charge in [0.15, 0.2) is 0 Å². The molecule has 0 heterocycles. The van der Waals surface area contributed by atoms with Crippen molar-refractivity contribution >= 4 is 0 Å². The molecule has 0 aliphatic carbocycles. The summed E-state index contributed by atoms with van der Waals surface area (Å²) in [7, 11) is 0. The molecule has 0 fully saturated rings. The molecule has 2 rings (SSSR count). The molecular weight excluding hydrogens is 213 g/mol. The van der Waals surface area contributed by atoms with Gasteiger partial charge in [-0.05, 0) is 29.7 Å². The number of nitrogens with one attached hydrogen (secondary N) is 1. The van der Waals surface area contributed by atoms with Crippen molar-refractivity contribution in [2.75, 3.05) is 0 Å². The average molecular weight is 228 g/mol. The Morgan fingerprint density at radius 1 is 1.12 bits per heavy atom. The van der Waals surface area contributed by atoms with Gasteiger partial charge in [-0.2, -0.15) is 0 Å². The van der Waals surface area contributed by atoms with Crippen LogP contribution in [-0.2, 0) is 6.54 Å². The lowest BCUT2D eigenvalue weighted by Crippen LogP contribution is -2.10. The first-order valence-corrected chi connectivity index (χ1v) is 5.62. The van der Waals surface area contributed by atoms with E-state index in [1.165, 1.54) is 6.07 Å². The highest BCUT2D eigenvalue weighted by Crippen LogP contribution is 2.09. The summed E-state index contributed by atoms with van der Waals surface area (Å²) in [6.07, 6.45) is 0. The first kappa shape index (κ1) is 11.8. The Bertz CT molecular complexity index is 480. The Hall–Kier alpha value is -1.67. The van der Waals surface area contributed by atoms with Crippen molar-refractivity contribution in [1.29, 1.82) is 0 Å². The molecule has 0 aromatic heterocycles. The minimum atomic E-state index is -0.152. The van der Waals surface area contributed by atoms with E-state index in [4.69, 9.17) is 0 Å². The molecule has 0 saturated heterocycles. The summed E-state index contributed by atoms with van der Waals surface area (Å²) in [6.45, 7) is 4.44. The maximum absolute atomic E-state index is 13.1. The maximum atomic E-state index is 13.1. The first-order valence-electron chi connectivity index (χ1n) is 5.62. The Kier molecular flexibility index (Phi) is 3.89. The van der Waals surface area contributed by atoms with Gasteiger partial charge in [0, 0.05) is 6.54 Å². The summed E-state index contributed by atoms with van der Waals surface area (Å²) < 4.78 is 13.1. The van der Waals surface area contributed by atoms with E-state index in [2.05, 4.69) is 5.32 Å². The van der Waals surface area contributed by atoms with Crippen LogP contribution in [-0.4, -0.2) is 0 Å². The SMILES string of the molecule is Cc1cc(CN[CH]c2ccccc2)ccc1F. The molecule has 2 aromatic rings. The van der Waals surface area contributed by atoms with E-state index < -0.39 is 0 Å². The fourth-order valence-corrected chi connectivity index (χ4v) is 1.65. The van der Waals surface area contributed by atoms with Crippen molar-refractivity contribution in [3.63, 3.8) is 0 Å². The molecular formula is C15H15FN. The normalized spacial score (nSPS) is 10.5. The monoisotopic (exact) mass is 228 g/mol. The molecule has 2 heteroatoms. The molecule has 0 amide bonds. The predicted octanol–water partition coefficient (Wildman–Crippen LogP) is 3.43. The van der Waals surface area contributed by atoms with Crippen molar-refractivity contribution < 1.29 is 4.39 Å². The third-order valence-corrected chi connectivity index (χ3v) is 2.60. The Morgan fingerprint density at radius 3 is 2.59 bits per heavy atom. The van der Waals surface area contributed by atoms with Gasteiger partial charge in [0.25, 0.3) is 0 Å². The second-order valence-electron chi connectivity index (χ2n) is 4.02. The molecule has 0 unspecified atom stereocenters. The smallest absolute Gasteiger partial charge is 0.126 e. The highest BCUT2D eigenvalue weighted by atomic mass is 19.1. The summed E-state index contributed by atoms with van der Waals surface area (Å²) >= 11 is 0. The Morgan fingerprint density at radius 2 is 1.88 bits per heavy atom. The number of rotatable bonds is 4. The van der Waals surface area contributed by atoms with E-state index in [0.29, 0.717) is 12.1 Å². The van der Waals surface area contributed by atoms with Crippen molar-refractivity contribution in [3.8, 4) is 0 Å². The Labute approximate surface area is 101 Å². The summed E-state index contributed by atoms with van der Waals surface area (Å²) in [5.74, 6) is -0.152. The van der Waals surface area contributed by atoms with Gasteiger partial charge in [-0.1, -0.05) is 42.5 Å². The first-order chi connectivity index (χ1) is 8.25. The molecule has 0 saturated carbocycles. The van der Waals surface area contributed by atoms with Crippen LogP contribution in [0.25, 0.3) is 0 Å². The second kappa shape index (κ2) is 5.60.